The largest absolute Gasteiger partial charge is 0.373 e. The Bertz CT molecular complexity index is 501. The molecule has 0 radical (unpaired) electrons. The van der Waals surface area contributed by atoms with E-state index in [1.807, 2.05) is 30.5 Å². The molecule has 0 bridgehead atoms. The number of hydrogen-bond donors (Lipinski definition) is 1. The van der Waals surface area contributed by atoms with Crippen molar-refractivity contribution >= 4 is 5.82 Å². The van der Waals surface area contributed by atoms with Gasteiger partial charge in [-0.1, -0.05) is 36.4 Å². The van der Waals surface area contributed by atoms with Gasteiger partial charge in [-0.25, -0.2) is 4.98 Å². The highest BCUT2D eigenvalue weighted by Gasteiger charge is 2.23. The summed E-state index contributed by atoms with van der Waals surface area (Å²) in [5.41, 5.74) is 1.26. The number of anilines is 1. The van der Waals surface area contributed by atoms with Gasteiger partial charge in [-0.05, 0) is 30.5 Å². The molecule has 1 aliphatic heterocycles. The van der Waals surface area contributed by atoms with Gasteiger partial charge in [-0.15, -0.1) is 0 Å². The smallest absolute Gasteiger partial charge is 0.126 e. The van der Waals surface area contributed by atoms with E-state index < -0.39 is 0 Å². The van der Waals surface area contributed by atoms with Crippen LogP contribution in [0, 0.1) is 0 Å². The second kappa shape index (κ2) is 5.85. The lowest BCUT2D eigenvalue weighted by Gasteiger charge is -2.30. The molecule has 3 nitrogen and oxygen atoms in total. The molecule has 1 aromatic carbocycles. The first-order chi connectivity index (χ1) is 9.42. The van der Waals surface area contributed by atoms with E-state index in [2.05, 4.69) is 34.6 Å². The van der Waals surface area contributed by atoms with Crippen LogP contribution in [0.3, 0.4) is 0 Å². The first-order valence-corrected chi connectivity index (χ1v) is 6.76. The summed E-state index contributed by atoms with van der Waals surface area (Å²) < 4.78 is 5.87. The van der Waals surface area contributed by atoms with E-state index in [0.29, 0.717) is 6.04 Å². The van der Waals surface area contributed by atoms with Crippen LogP contribution in [0.25, 0.3) is 0 Å². The Morgan fingerprint density at radius 2 is 1.89 bits per heavy atom. The summed E-state index contributed by atoms with van der Waals surface area (Å²) in [5, 5.41) is 3.49. The topological polar surface area (TPSA) is 34.2 Å². The van der Waals surface area contributed by atoms with Gasteiger partial charge >= 0.3 is 0 Å². The number of nitrogens with one attached hydrogen (secondary N) is 1. The molecule has 3 rings (SSSR count). The van der Waals surface area contributed by atoms with Crippen molar-refractivity contribution in [3.8, 4) is 0 Å². The van der Waals surface area contributed by atoms with E-state index >= 15 is 0 Å². The molecule has 2 aromatic rings. The maximum atomic E-state index is 5.87. The fourth-order valence-corrected chi connectivity index (χ4v) is 2.49. The van der Waals surface area contributed by atoms with Crippen molar-refractivity contribution in [2.75, 3.05) is 11.9 Å². The van der Waals surface area contributed by atoms with Crippen molar-refractivity contribution in [3.05, 3.63) is 60.3 Å². The number of pyridine rings is 1. The normalized spacial score (nSPS) is 22.9. The zero-order valence-corrected chi connectivity index (χ0v) is 10.8. The van der Waals surface area contributed by atoms with E-state index in [1.54, 1.807) is 0 Å². The molecule has 1 aromatic heterocycles. The van der Waals surface area contributed by atoms with Gasteiger partial charge in [0, 0.05) is 18.8 Å². The lowest BCUT2D eigenvalue weighted by molar-refractivity contribution is 0.00975. The predicted molar refractivity (Wildman–Crippen MR) is 76.0 cm³/mol. The van der Waals surface area contributed by atoms with E-state index in [1.165, 1.54) is 5.56 Å². The number of nitrogens with zero attached hydrogens (tertiary/aromatic N) is 1. The van der Waals surface area contributed by atoms with E-state index in [0.717, 1.165) is 25.3 Å². The average molecular weight is 254 g/mol. The van der Waals surface area contributed by atoms with E-state index in [-0.39, 0.29) is 6.10 Å². The molecule has 1 N–H and O–H groups in total. The minimum absolute atomic E-state index is 0.191. The van der Waals surface area contributed by atoms with Gasteiger partial charge in [0.1, 0.15) is 5.82 Å². The SMILES string of the molecule is c1ccc([C@@H]2C[C@H](Nc3ccccn3)CCO2)cc1. The molecule has 0 saturated carbocycles. The second-order valence-corrected chi connectivity index (χ2v) is 4.85. The van der Waals surface area contributed by atoms with Crippen molar-refractivity contribution < 1.29 is 4.74 Å². The lowest BCUT2D eigenvalue weighted by Crippen LogP contribution is -2.30. The zero-order valence-electron chi connectivity index (χ0n) is 10.8. The molecule has 98 valence electrons. The monoisotopic (exact) mass is 254 g/mol. The quantitative estimate of drug-likeness (QED) is 0.911. The molecule has 1 saturated heterocycles. The van der Waals surface area contributed by atoms with Crippen LogP contribution in [0.15, 0.2) is 54.7 Å². The average Bonchev–Trinajstić information content (AvgIpc) is 2.49. The van der Waals surface area contributed by atoms with Crippen LogP contribution in [-0.2, 0) is 4.74 Å². The van der Waals surface area contributed by atoms with Crippen LogP contribution in [0.2, 0.25) is 0 Å². The van der Waals surface area contributed by atoms with Crippen molar-refractivity contribution in [1.29, 1.82) is 0 Å². The summed E-state index contributed by atoms with van der Waals surface area (Å²) in [6.45, 7) is 0.796. The van der Waals surface area contributed by atoms with E-state index in [9.17, 15) is 0 Å². The van der Waals surface area contributed by atoms with Gasteiger partial charge in [-0.2, -0.15) is 0 Å². The maximum Gasteiger partial charge on any atom is 0.126 e. The molecule has 0 amide bonds. The van der Waals surface area contributed by atoms with Crippen LogP contribution in [0.5, 0.6) is 0 Å². The number of ether oxygens (including phenoxy) is 1. The molecule has 0 aliphatic carbocycles. The van der Waals surface area contributed by atoms with Crippen molar-refractivity contribution in [1.82, 2.24) is 4.98 Å². The van der Waals surface area contributed by atoms with Gasteiger partial charge in [-0.3, -0.25) is 0 Å². The summed E-state index contributed by atoms with van der Waals surface area (Å²) in [4.78, 5) is 4.32. The highest BCUT2D eigenvalue weighted by atomic mass is 16.5. The zero-order chi connectivity index (χ0) is 12.9. The Morgan fingerprint density at radius 3 is 2.68 bits per heavy atom. The third-order valence-corrected chi connectivity index (χ3v) is 3.47. The van der Waals surface area contributed by atoms with Crippen molar-refractivity contribution in [3.63, 3.8) is 0 Å². The van der Waals surface area contributed by atoms with Gasteiger partial charge in [0.15, 0.2) is 0 Å². The fourth-order valence-electron chi connectivity index (χ4n) is 2.49. The second-order valence-electron chi connectivity index (χ2n) is 4.85. The molecule has 1 aliphatic rings. The van der Waals surface area contributed by atoms with Gasteiger partial charge < -0.3 is 10.1 Å². The maximum absolute atomic E-state index is 5.87. The molecule has 0 spiro atoms. The summed E-state index contributed by atoms with van der Waals surface area (Å²) in [7, 11) is 0. The number of benzene rings is 1. The number of rotatable bonds is 3. The Hall–Kier alpha value is -1.87. The number of hydrogen-bond acceptors (Lipinski definition) is 3. The summed E-state index contributed by atoms with van der Waals surface area (Å²) in [6.07, 6.45) is 4.02. The van der Waals surface area contributed by atoms with Crippen LogP contribution in [0.4, 0.5) is 5.82 Å². The predicted octanol–water partition coefficient (Wildman–Crippen LogP) is 3.41. The summed E-state index contributed by atoms with van der Waals surface area (Å²) in [5.74, 6) is 0.946. The molecule has 3 heteroatoms. The third kappa shape index (κ3) is 3.12. The number of aromatic nitrogens is 1. The van der Waals surface area contributed by atoms with Crippen molar-refractivity contribution in [2.45, 2.75) is 25.0 Å². The Balaban J connectivity index is 1.65. The fraction of sp³-hybridized carbons (Fsp3) is 0.312. The molecule has 2 heterocycles. The van der Waals surface area contributed by atoms with Crippen LogP contribution in [-0.4, -0.2) is 17.6 Å². The highest BCUT2D eigenvalue weighted by Crippen LogP contribution is 2.29. The Morgan fingerprint density at radius 1 is 1.05 bits per heavy atom. The molecule has 1 fully saturated rings. The molecule has 0 unspecified atom stereocenters. The molecule has 19 heavy (non-hydrogen) atoms. The lowest BCUT2D eigenvalue weighted by atomic mass is 9.97. The van der Waals surface area contributed by atoms with Gasteiger partial charge in [0.2, 0.25) is 0 Å². The summed E-state index contributed by atoms with van der Waals surface area (Å²) >= 11 is 0. The summed E-state index contributed by atoms with van der Waals surface area (Å²) in [6, 6.07) is 16.8. The van der Waals surface area contributed by atoms with Gasteiger partial charge in [0.25, 0.3) is 0 Å². The van der Waals surface area contributed by atoms with Crippen molar-refractivity contribution in [2.24, 2.45) is 0 Å². The molecular weight excluding hydrogens is 236 g/mol. The Kier molecular flexibility index (Phi) is 3.75. The van der Waals surface area contributed by atoms with Gasteiger partial charge in [0.05, 0.1) is 6.10 Å². The minimum atomic E-state index is 0.191. The molecule has 2 atom stereocenters. The highest BCUT2D eigenvalue weighted by molar-refractivity contribution is 5.34. The first-order valence-electron chi connectivity index (χ1n) is 6.76. The Labute approximate surface area is 113 Å². The standard InChI is InChI=1S/C16H18N2O/c1-2-6-13(7-3-1)15-12-14(9-11-19-15)18-16-8-4-5-10-17-16/h1-8,10,14-15H,9,11-12H2,(H,17,18)/t14-,15+/m1/s1. The van der Waals surface area contributed by atoms with E-state index in [4.69, 9.17) is 4.74 Å². The first kappa shape index (κ1) is 12.2. The third-order valence-electron chi connectivity index (χ3n) is 3.47. The molecular formula is C16H18N2O. The minimum Gasteiger partial charge on any atom is -0.373 e. The van der Waals surface area contributed by atoms with Crippen LogP contribution in [0.1, 0.15) is 24.5 Å². The van der Waals surface area contributed by atoms with Crippen LogP contribution < -0.4 is 5.32 Å². The van der Waals surface area contributed by atoms with Crippen LogP contribution >= 0.6 is 0 Å².